The van der Waals surface area contributed by atoms with Crippen molar-refractivity contribution in [2.24, 2.45) is 0 Å². The molecule has 1 fully saturated rings. The molecule has 3 aromatic carbocycles. The maximum Gasteiger partial charge on any atom is 0.266 e. The van der Waals surface area contributed by atoms with E-state index in [1.165, 1.54) is 6.07 Å². The molecule has 1 aliphatic rings. The Morgan fingerprint density at radius 2 is 1.91 bits per heavy atom. The number of rotatable bonds is 10. The van der Waals surface area contributed by atoms with Gasteiger partial charge in [0.15, 0.2) is 17.7 Å². The quantitative estimate of drug-likeness (QED) is 0.426. The van der Waals surface area contributed by atoms with E-state index in [1.54, 1.807) is 12.1 Å². The summed E-state index contributed by atoms with van der Waals surface area (Å²) < 4.78 is 39.1. The molecule has 4 rings (SSSR count). The zero-order valence-electron chi connectivity index (χ0n) is 19.8. The van der Waals surface area contributed by atoms with Crippen LogP contribution < -0.4 is 10.1 Å². The van der Waals surface area contributed by atoms with Gasteiger partial charge in [-0.05, 0) is 49.6 Å². The van der Waals surface area contributed by atoms with E-state index in [0.29, 0.717) is 18.8 Å². The molecule has 5 nitrogen and oxygen atoms in total. The summed E-state index contributed by atoms with van der Waals surface area (Å²) in [5.74, 6) is -2.28. The van der Waals surface area contributed by atoms with E-state index in [-0.39, 0.29) is 24.3 Å². The van der Waals surface area contributed by atoms with Gasteiger partial charge in [0.1, 0.15) is 5.75 Å². The van der Waals surface area contributed by atoms with E-state index < -0.39 is 17.7 Å². The number of carbonyl (C=O) groups is 1. The Morgan fingerprint density at radius 3 is 2.63 bits per heavy atom. The van der Waals surface area contributed by atoms with Crippen molar-refractivity contribution < 1.29 is 23.0 Å². The molecule has 7 heteroatoms. The minimum Gasteiger partial charge on any atom is -0.479 e. The van der Waals surface area contributed by atoms with Gasteiger partial charge in [-0.15, -0.1) is 0 Å². The Labute approximate surface area is 204 Å². The van der Waals surface area contributed by atoms with Crippen LogP contribution in [0.2, 0.25) is 0 Å². The molecule has 0 aromatic heterocycles. The smallest absolute Gasteiger partial charge is 0.266 e. The maximum absolute atomic E-state index is 13.9. The number of nitrogens with zero attached hydrogens (tertiary/aromatic N) is 1. The average Bonchev–Trinajstić information content (AvgIpc) is 3.35. The summed E-state index contributed by atoms with van der Waals surface area (Å²) in [5, 5.41) is 2.87. The molecule has 0 aliphatic carbocycles. The molecule has 0 bridgehead atoms. The first-order chi connectivity index (χ1) is 17.0. The van der Waals surface area contributed by atoms with Crippen LogP contribution >= 0.6 is 0 Å². The highest BCUT2D eigenvalue weighted by atomic mass is 19.2. The fourth-order valence-electron chi connectivity index (χ4n) is 4.22. The second kappa shape index (κ2) is 11.9. The number of anilines is 1. The topological polar surface area (TPSA) is 50.8 Å². The number of nitrogens with one attached hydrogen (secondary N) is 1. The van der Waals surface area contributed by atoms with Gasteiger partial charge in [0.2, 0.25) is 0 Å². The van der Waals surface area contributed by atoms with Crippen LogP contribution in [0.4, 0.5) is 14.5 Å². The lowest BCUT2D eigenvalue weighted by molar-refractivity contribution is -0.123. The Morgan fingerprint density at radius 1 is 1.09 bits per heavy atom. The first-order valence-corrected chi connectivity index (χ1v) is 11.8. The molecule has 1 heterocycles. The van der Waals surface area contributed by atoms with E-state index in [2.05, 4.69) is 16.3 Å². The average molecular weight is 481 g/mol. The van der Waals surface area contributed by atoms with Crippen molar-refractivity contribution in [2.45, 2.75) is 38.5 Å². The van der Waals surface area contributed by atoms with Crippen LogP contribution in [0.1, 0.15) is 24.0 Å². The highest BCUT2D eigenvalue weighted by Crippen LogP contribution is 2.20. The number of hydrogen-bond acceptors (Lipinski definition) is 4. The van der Waals surface area contributed by atoms with Crippen molar-refractivity contribution in [2.75, 3.05) is 25.0 Å². The van der Waals surface area contributed by atoms with E-state index in [0.717, 1.165) is 42.7 Å². The highest BCUT2D eigenvalue weighted by Gasteiger charge is 2.27. The van der Waals surface area contributed by atoms with Crippen molar-refractivity contribution in [3.8, 4) is 5.75 Å². The van der Waals surface area contributed by atoms with Crippen LogP contribution in [0, 0.1) is 18.6 Å². The van der Waals surface area contributed by atoms with E-state index in [4.69, 9.17) is 9.47 Å². The van der Waals surface area contributed by atoms with Crippen LogP contribution in [0.15, 0.2) is 72.8 Å². The summed E-state index contributed by atoms with van der Waals surface area (Å²) in [4.78, 5) is 15.4. The SMILES string of the molecule is Cc1cccc(CN(C[C@@H]2CCCO2)C[C@H](Oc2ccc(F)c(F)c2)C(=O)Nc2ccccc2)c1. The Bertz CT molecular complexity index is 1120. The second-order valence-corrected chi connectivity index (χ2v) is 8.86. The van der Waals surface area contributed by atoms with E-state index in [1.807, 2.05) is 43.3 Å². The van der Waals surface area contributed by atoms with Crippen LogP contribution in [0.5, 0.6) is 5.75 Å². The molecule has 35 heavy (non-hydrogen) atoms. The van der Waals surface area contributed by atoms with Crippen LogP contribution in [-0.4, -0.2) is 42.7 Å². The molecular weight excluding hydrogens is 450 g/mol. The number of hydrogen-bond donors (Lipinski definition) is 1. The van der Waals surface area contributed by atoms with Gasteiger partial charge in [-0.2, -0.15) is 0 Å². The first-order valence-electron chi connectivity index (χ1n) is 11.8. The summed E-state index contributed by atoms with van der Waals surface area (Å²) in [6, 6.07) is 20.5. The van der Waals surface area contributed by atoms with Gasteiger partial charge >= 0.3 is 0 Å². The highest BCUT2D eigenvalue weighted by molar-refractivity contribution is 5.94. The number of aryl methyl sites for hydroxylation is 1. The van der Waals surface area contributed by atoms with Crippen molar-refractivity contribution in [1.29, 1.82) is 0 Å². The lowest BCUT2D eigenvalue weighted by Gasteiger charge is -2.29. The molecule has 3 aromatic rings. The molecule has 0 radical (unpaired) electrons. The summed E-state index contributed by atoms with van der Waals surface area (Å²) >= 11 is 0. The molecule has 1 N–H and O–H groups in total. The maximum atomic E-state index is 13.9. The number of halogens is 2. The Hall–Kier alpha value is -3.29. The van der Waals surface area contributed by atoms with Gasteiger partial charge in [0, 0.05) is 38.0 Å². The van der Waals surface area contributed by atoms with Gasteiger partial charge < -0.3 is 14.8 Å². The first kappa shape index (κ1) is 24.8. The molecule has 184 valence electrons. The third-order valence-electron chi connectivity index (χ3n) is 5.90. The van der Waals surface area contributed by atoms with Crippen molar-refractivity contribution in [3.05, 3.63) is 95.6 Å². The zero-order valence-corrected chi connectivity index (χ0v) is 19.8. The monoisotopic (exact) mass is 480 g/mol. The predicted molar refractivity (Wildman–Crippen MR) is 131 cm³/mol. The predicted octanol–water partition coefficient (Wildman–Crippen LogP) is 5.34. The standard InChI is InChI=1S/C28H30F2N2O3/c1-20-7-5-8-21(15-20)17-32(18-24-11-6-14-34-24)19-27(28(33)31-22-9-3-2-4-10-22)35-23-12-13-25(29)26(30)16-23/h2-5,7-10,12-13,15-16,24,27H,6,11,14,17-19H2,1H3,(H,31,33)/t24-,27-/m0/s1. The molecule has 1 aliphatic heterocycles. The van der Waals surface area contributed by atoms with Crippen molar-refractivity contribution in [3.63, 3.8) is 0 Å². The normalized spacial score (nSPS) is 16.3. The van der Waals surface area contributed by atoms with Crippen LogP contribution in [0.25, 0.3) is 0 Å². The molecule has 0 saturated carbocycles. The van der Waals surface area contributed by atoms with E-state index in [9.17, 15) is 13.6 Å². The van der Waals surface area contributed by atoms with Crippen LogP contribution in [0.3, 0.4) is 0 Å². The third-order valence-corrected chi connectivity index (χ3v) is 5.90. The fraction of sp³-hybridized carbons (Fsp3) is 0.321. The molecular formula is C28H30F2N2O3. The van der Waals surface area contributed by atoms with Gasteiger partial charge in [0.25, 0.3) is 5.91 Å². The number of carbonyl (C=O) groups excluding carboxylic acids is 1. The number of amides is 1. The number of benzene rings is 3. The molecule has 2 atom stereocenters. The number of para-hydroxylation sites is 1. The Balaban J connectivity index is 1.56. The third kappa shape index (κ3) is 7.34. The summed E-state index contributed by atoms with van der Waals surface area (Å²) in [6.45, 7) is 4.23. The summed E-state index contributed by atoms with van der Waals surface area (Å²) in [7, 11) is 0. The molecule has 1 amide bonds. The fourth-order valence-corrected chi connectivity index (χ4v) is 4.22. The van der Waals surface area contributed by atoms with Crippen LogP contribution in [-0.2, 0) is 16.1 Å². The summed E-state index contributed by atoms with van der Waals surface area (Å²) in [6.07, 6.45) is 1.06. The van der Waals surface area contributed by atoms with Crippen molar-refractivity contribution >= 4 is 11.6 Å². The van der Waals surface area contributed by atoms with Gasteiger partial charge in [-0.25, -0.2) is 8.78 Å². The van der Waals surface area contributed by atoms with Gasteiger partial charge in [-0.3, -0.25) is 9.69 Å². The minimum atomic E-state index is -1.03. The molecule has 1 saturated heterocycles. The lowest BCUT2D eigenvalue weighted by Crippen LogP contribution is -2.45. The zero-order chi connectivity index (χ0) is 24.6. The summed E-state index contributed by atoms with van der Waals surface area (Å²) in [5.41, 5.74) is 2.88. The molecule has 0 unspecified atom stereocenters. The largest absolute Gasteiger partial charge is 0.479 e. The second-order valence-electron chi connectivity index (χ2n) is 8.86. The Kier molecular flexibility index (Phi) is 8.45. The van der Waals surface area contributed by atoms with Gasteiger partial charge in [-0.1, -0.05) is 48.0 Å². The molecule has 0 spiro atoms. The lowest BCUT2D eigenvalue weighted by atomic mass is 10.1. The minimum absolute atomic E-state index is 0.0703. The van der Waals surface area contributed by atoms with Crippen molar-refractivity contribution in [1.82, 2.24) is 4.90 Å². The van der Waals surface area contributed by atoms with E-state index >= 15 is 0 Å². The number of ether oxygens (including phenoxy) is 2. The van der Waals surface area contributed by atoms with Gasteiger partial charge in [0.05, 0.1) is 6.10 Å².